The summed E-state index contributed by atoms with van der Waals surface area (Å²) in [5, 5.41) is 9.66. The fourth-order valence-corrected chi connectivity index (χ4v) is 4.99. The smallest absolute Gasteiger partial charge is 0.250 e. The predicted octanol–water partition coefficient (Wildman–Crippen LogP) is 2.90. The first-order chi connectivity index (χ1) is 9.78. The molecule has 1 heterocycles. The Kier molecular flexibility index (Phi) is 4.75. The molecule has 2 aromatic rings. The molecule has 1 aromatic carbocycles. The average molecular weight is 346 g/mol. The molecule has 0 amide bonds. The fraction of sp³-hybridized carbons (Fsp3) is 0.286. The zero-order valence-electron chi connectivity index (χ0n) is 11.6. The first-order valence-electron chi connectivity index (χ1n) is 6.25. The van der Waals surface area contributed by atoms with Gasteiger partial charge in [0.05, 0.1) is 16.5 Å². The summed E-state index contributed by atoms with van der Waals surface area (Å²) in [6.45, 7) is 3.04. The van der Waals surface area contributed by atoms with E-state index in [1.54, 1.807) is 38.1 Å². The van der Waals surface area contributed by atoms with Gasteiger partial charge in [-0.2, -0.15) is 4.72 Å². The van der Waals surface area contributed by atoms with E-state index in [2.05, 4.69) is 4.72 Å². The van der Waals surface area contributed by atoms with Gasteiger partial charge in [-0.1, -0.05) is 41.9 Å². The summed E-state index contributed by atoms with van der Waals surface area (Å²) in [5.74, 6) is 0. The second kappa shape index (κ2) is 6.06. The maximum atomic E-state index is 12.5. The molecule has 21 heavy (non-hydrogen) atoms. The zero-order valence-corrected chi connectivity index (χ0v) is 14.0. The minimum atomic E-state index is -3.76. The Morgan fingerprint density at radius 3 is 2.43 bits per heavy atom. The summed E-state index contributed by atoms with van der Waals surface area (Å²) in [4.78, 5) is 0. The first-order valence-corrected chi connectivity index (χ1v) is 8.92. The molecule has 1 unspecified atom stereocenters. The average Bonchev–Trinajstić information content (AvgIpc) is 2.80. The molecule has 0 saturated carbocycles. The van der Waals surface area contributed by atoms with Crippen LogP contribution in [0.2, 0.25) is 4.34 Å². The topological polar surface area (TPSA) is 66.4 Å². The lowest BCUT2D eigenvalue weighted by Crippen LogP contribution is -2.46. The second-order valence-corrected chi connectivity index (χ2v) is 8.55. The van der Waals surface area contributed by atoms with E-state index in [4.69, 9.17) is 11.6 Å². The Morgan fingerprint density at radius 1 is 1.33 bits per heavy atom. The molecule has 4 nitrogen and oxygen atoms in total. The van der Waals surface area contributed by atoms with Crippen LogP contribution in [0.25, 0.3) is 0 Å². The lowest BCUT2D eigenvalue weighted by molar-refractivity contribution is 0.196. The van der Waals surface area contributed by atoms with Gasteiger partial charge in [0.15, 0.2) is 0 Å². The lowest BCUT2D eigenvalue weighted by Gasteiger charge is -2.28. The number of aryl methyl sites for hydroxylation is 1. The van der Waals surface area contributed by atoms with Crippen molar-refractivity contribution < 1.29 is 13.5 Å². The van der Waals surface area contributed by atoms with Crippen LogP contribution in [0, 0.1) is 6.92 Å². The summed E-state index contributed by atoms with van der Waals surface area (Å²) >= 11 is 6.94. The van der Waals surface area contributed by atoms with Crippen molar-refractivity contribution >= 4 is 33.0 Å². The van der Waals surface area contributed by atoms with Crippen molar-refractivity contribution in [2.45, 2.75) is 23.6 Å². The highest BCUT2D eigenvalue weighted by Crippen LogP contribution is 2.32. The lowest BCUT2D eigenvalue weighted by atomic mass is 9.94. The van der Waals surface area contributed by atoms with E-state index in [1.807, 2.05) is 6.07 Å². The minimum Gasteiger partial charge on any atom is -0.394 e. The van der Waals surface area contributed by atoms with Gasteiger partial charge >= 0.3 is 0 Å². The van der Waals surface area contributed by atoms with Crippen molar-refractivity contribution in [2.24, 2.45) is 0 Å². The molecule has 0 fully saturated rings. The molecule has 0 saturated heterocycles. The van der Waals surface area contributed by atoms with Crippen LogP contribution in [-0.2, 0) is 15.6 Å². The van der Waals surface area contributed by atoms with Gasteiger partial charge in [0.25, 0.3) is 10.0 Å². The monoisotopic (exact) mass is 345 g/mol. The number of aliphatic hydroxyl groups is 1. The number of nitrogens with one attached hydrogen (secondary N) is 1. The third kappa shape index (κ3) is 3.46. The van der Waals surface area contributed by atoms with Crippen LogP contribution < -0.4 is 4.72 Å². The summed E-state index contributed by atoms with van der Waals surface area (Å²) < 4.78 is 28.1. The molecular formula is C14H16ClNO3S2. The number of hydrogen-bond acceptors (Lipinski definition) is 4. The largest absolute Gasteiger partial charge is 0.394 e. The van der Waals surface area contributed by atoms with Crippen LogP contribution in [-0.4, -0.2) is 20.1 Å². The van der Waals surface area contributed by atoms with E-state index in [-0.39, 0.29) is 10.8 Å². The normalized spacial score (nSPS) is 14.9. The minimum absolute atomic E-state index is 0.139. The van der Waals surface area contributed by atoms with E-state index >= 15 is 0 Å². The van der Waals surface area contributed by atoms with E-state index < -0.39 is 15.6 Å². The summed E-state index contributed by atoms with van der Waals surface area (Å²) in [7, 11) is -3.76. The maximum absolute atomic E-state index is 12.5. The van der Waals surface area contributed by atoms with Crippen molar-refractivity contribution in [2.75, 3.05) is 6.61 Å². The molecule has 0 aliphatic rings. The molecule has 7 heteroatoms. The van der Waals surface area contributed by atoms with Crippen molar-refractivity contribution in [1.82, 2.24) is 4.72 Å². The van der Waals surface area contributed by atoms with Crippen molar-refractivity contribution in [3.8, 4) is 0 Å². The number of halogens is 1. The van der Waals surface area contributed by atoms with E-state index in [0.717, 1.165) is 11.3 Å². The molecular weight excluding hydrogens is 330 g/mol. The molecule has 0 radical (unpaired) electrons. The Labute approximate surface area is 133 Å². The highest BCUT2D eigenvalue weighted by molar-refractivity contribution is 7.91. The molecule has 0 aliphatic carbocycles. The molecule has 0 aliphatic heterocycles. The third-order valence-corrected chi connectivity index (χ3v) is 6.81. The molecule has 1 aromatic heterocycles. The molecule has 114 valence electrons. The number of sulfonamides is 1. The van der Waals surface area contributed by atoms with Crippen LogP contribution in [0.5, 0.6) is 0 Å². The Morgan fingerprint density at radius 2 is 1.95 bits per heavy atom. The SMILES string of the molecule is Cc1cc(S(=O)(=O)NC(C)(CO)c2ccccc2)sc1Cl. The van der Waals surface area contributed by atoms with E-state index in [9.17, 15) is 13.5 Å². The Balaban J connectivity index is 2.38. The van der Waals surface area contributed by atoms with Gasteiger partial charge in [-0.05, 0) is 31.0 Å². The van der Waals surface area contributed by atoms with Crippen LogP contribution >= 0.6 is 22.9 Å². The first kappa shape index (κ1) is 16.5. The standard InChI is InChI=1S/C14H16ClNO3S2/c1-10-8-12(20-13(10)15)21(18,19)16-14(2,9-17)11-6-4-3-5-7-11/h3-8,16-17H,9H2,1-2H3. The molecule has 2 rings (SSSR count). The highest BCUT2D eigenvalue weighted by Gasteiger charge is 2.32. The van der Waals surface area contributed by atoms with Crippen LogP contribution in [0.3, 0.4) is 0 Å². The van der Waals surface area contributed by atoms with Gasteiger partial charge in [0.1, 0.15) is 4.21 Å². The van der Waals surface area contributed by atoms with Gasteiger partial charge in [0.2, 0.25) is 0 Å². The third-order valence-electron chi connectivity index (χ3n) is 3.19. The van der Waals surface area contributed by atoms with Gasteiger partial charge < -0.3 is 5.11 Å². The fourth-order valence-electron chi connectivity index (χ4n) is 1.90. The summed E-state index contributed by atoms with van der Waals surface area (Å²) in [5.41, 5.74) is 0.313. The molecule has 0 bridgehead atoms. The van der Waals surface area contributed by atoms with Gasteiger partial charge in [-0.25, -0.2) is 8.42 Å². The summed E-state index contributed by atoms with van der Waals surface area (Å²) in [6.07, 6.45) is 0. The second-order valence-electron chi connectivity index (χ2n) is 4.98. The Bertz CT molecular complexity index is 708. The van der Waals surface area contributed by atoms with Gasteiger partial charge in [-0.15, -0.1) is 11.3 Å². The van der Waals surface area contributed by atoms with E-state index in [0.29, 0.717) is 15.5 Å². The van der Waals surface area contributed by atoms with Gasteiger partial charge in [-0.3, -0.25) is 0 Å². The van der Waals surface area contributed by atoms with E-state index in [1.165, 1.54) is 6.07 Å². The maximum Gasteiger partial charge on any atom is 0.250 e. The quantitative estimate of drug-likeness (QED) is 0.875. The van der Waals surface area contributed by atoms with Crippen LogP contribution in [0.15, 0.2) is 40.6 Å². The summed E-state index contributed by atoms with van der Waals surface area (Å²) in [6, 6.07) is 10.5. The number of benzene rings is 1. The number of rotatable bonds is 5. The molecule has 1 atom stereocenters. The molecule has 0 spiro atoms. The predicted molar refractivity (Wildman–Crippen MR) is 85.3 cm³/mol. The van der Waals surface area contributed by atoms with Gasteiger partial charge in [0, 0.05) is 0 Å². The number of hydrogen-bond donors (Lipinski definition) is 2. The zero-order chi connectivity index (χ0) is 15.7. The number of thiophene rings is 1. The van der Waals surface area contributed by atoms with Crippen LogP contribution in [0.1, 0.15) is 18.1 Å². The van der Waals surface area contributed by atoms with Crippen LogP contribution in [0.4, 0.5) is 0 Å². The molecule has 2 N–H and O–H groups in total. The van der Waals surface area contributed by atoms with Crippen molar-refractivity contribution in [1.29, 1.82) is 0 Å². The van der Waals surface area contributed by atoms with Crippen molar-refractivity contribution in [3.63, 3.8) is 0 Å². The Hall–Kier alpha value is -0.920. The number of aliphatic hydroxyl groups excluding tert-OH is 1. The van der Waals surface area contributed by atoms with Crippen molar-refractivity contribution in [3.05, 3.63) is 51.9 Å². The highest BCUT2D eigenvalue weighted by atomic mass is 35.5.